The average Bonchev–Trinajstić information content (AvgIpc) is 3.08. The second kappa shape index (κ2) is 7.92. The second-order valence-electron chi connectivity index (χ2n) is 7.36. The number of furan rings is 1. The molecule has 28 heavy (non-hydrogen) atoms. The summed E-state index contributed by atoms with van der Waals surface area (Å²) in [4.78, 5) is 18.0. The van der Waals surface area contributed by atoms with E-state index in [-0.39, 0.29) is 23.7 Å². The second-order valence-corrected chi connectivity index (χ2v) is 9.23. The number of piperazine rings is 1. The van der Waals surface area contributed by atoms with Gasteiger partial charge in [0.05, 0.1) is 5.56 Å². The van der Waals surface area contributed by atoms with Crippen LogP contribution in [0.15, 0.2) is 33.8 Å². The standard InChI is InChI=1S/C19H25N3O5S/c1-13(2)10-16-11-15(19(23)24)12-17(20-16)21-6-8-22(9-7-21)28(25,26)18-5-4-14(3)27-18/h4-5,11-13H,6-10H2,1-3H3,(H,23,24). The summed E-state index contributed by atoms with van der Waals surface area (Å²) in [7, 11) is -3.67. The van der Waals surface area contributed by atoms with Crippen LogP contribution in [0, 0.1) is 12.8 Å². The highest BCUT2D eigenvalue weighted by atomic mass is 32.2. The van der Waals surface area contributed by atoms with Crippen LogP contribution in [-0.4, -0.2) is 55.0 Å². The largest absolute Gasteiger partial charge is 0.478 e. The summed E-state index contributed by atoms with van der Waals surface area (Å²) in [6, 6.07) is 6.24. The summed E-state index contributed by atoms with van der Waals surface area (Å²) >= 11 is 0. The van der Waals surface area contributed by atoms with Gasteiger partial charge in [-0.05, 0) is 43.5 Å². The number of sulfonamides is 1. The molecule has 0 unspecified atom stereocenters. The van der Waals surface area contributed by atoms with Crippen molar-refractivity contribution in [3.63, 3.8) is 0 Å². The molecule has 0 spiro atoms. The minimum absolute atomic E-state index is 0.0522. The zero-order chi connectivity index (χ0) is 20.5. The van der Waals surface area contributed by atoms with E-state index in [1.165, 1.54) is 10.4 Å². The molecule has 1 aliphatic rings. The first kappa shape index (κ1) is 20.3. The molecule has 8 nitrogen and oxygen atoms in total. The summed E-state index contributed by atoms with van der Waals surface area (Å²) in [5, 5.41) is 9.35. The molecule has 1 aliphatic heterocycles. The van der Waals surface area contributed by atoms with Gasteiger partial charge in [0.15, 0.2) is 0 Å². The van der Waals surface area contributed by atoms with Gasteiger partial charge in [0.2, 0.25) is 5.09 Å². The Kier molecular flexibility index (Phi) is 5.76. The lowest BCUT2D eigenvalue weighted by Gasteiger charge is -2.34. The van der Waals surface area contributed by atoms with Crippen LogP contribution in [0.4, 0.5) is 5.82 Å². The molecule has 0 radical (unpaired) electrons. The van der Waals surface area contributed by atoms with Crippen LogP contribution in [0.25, 0.3) is 0 Å². The third-order valence-corrected chi connectivity index (χ3v) is 6.37. The third kappa shape index (κ3) is 4.36. The van der Waals surface area contributed by atoms with Gasteiger partial charge < -0.3 is 14.4 Å². The van der Waals surface area contributed by atoms with Gasteiger partial charge in [-0.3, -0.25) is 0 Å². The predicted octanol–water partition coefficient (Wildman–Crippen LogP) is 2.39. The van der Waals surface area contributed by atoms with Crippen LogP contribution in [-0.2, 0) is 16.4 Å². The Morgan fingerprint density at radius 1 is 1.21 bits per heavy atom. The third-order valence-electron chi connectivity index (χ3n) is 4.60. The van der Waals surface area contributed by atoms with Gasteiger partial charge in [0.1, 0.15) is 11.6 Å². The molecule has 0 amide bonds. The van der Waals surface area contributed by atoms with Crippen molar-refractivity contribution in [2.45, 2.75) is 32.3 Å². The van der Waals surface area contributed by atoms with Gasteiger partial charge in [0.25, 0.3) is 10.0 Å². The summed E-state index contributed by atoms with van der Waals surface area (Å²) in [5.74, 6) is 0.470. The summed E-state index contributed by atoms with van der Waals surface area (Å²) in [6.07, 6.45) is 0.681. The van der Waals surface area contributed by atoms with Crippen molar-refractivity contribution in [1.29, 1.82) is 0 Å². The maximum atomic E-state index is 12.7. The maximum Gasteiger partial charge on any atom is 0.335 e. The fourth-order valence-electron chi connectivity index (χ4n) is 3.22. The van der Waals surface area contributed by atoms with Crippen LogP contribution < -0.4 is 4.90 Å². The number of hydrogen-bond donors (Lipinski definition) is 1. The first-order valence-corrected chi connectivity index (χ1v) is 10.7. The van der Waals surface area contributed by atoms with Crippen molar-refractivity contribution in [2.24, 2.45) is 5.92 Å². The number of aromatic carboxylic acids is 1. The van der Waals surface area contributed by atoms with E-state index in [2.05, 4.69) is 18.8 Å². The van der Waals surface area contributed by atoms with Crippen molar-refractivity contribution >= 4 is 21.8 Å². The van der Waals surface area contributed by atoms with Gasteiger partial charge in [-0.15, -0.1) is 0 Å². The monoisotopic (exact) mass is 407 g/mol. The molecular weight excluding hydrogens is 382 g/mol. The lowest BCUT2D eigenvalue weighted by molar-refractivity contribution is 0.0696. The van der Waals surface area contributed by atoms with Crippen molar-refractivity contribution in [2.75, 3.05) is 31.1 Å². The van der Waals surface area contributed by atoms with Crippen molar-refractivity contribution in [3.05, 3.63) is 41.3 Å². The minimum Gasteiger partial charge on any atom is -0.478 e. The zero-order valence-corrected chi connectivity index (χ0v) is 17.1. The molecule has 0 saturated carbocycles. The van der Waals surface area contributed by atoms with Gasteiger partial charge in [-0.25, -0.2) is 18.2 Å². The van der Waals surface area contributed by atoms with Gasteiger partial charge in [-0.1, -0.05) is 13.8 Å². The van der Waals surface area contributed by atoms with Gasteiger partial charge in [0, 0.05) is 31.9 Å². The quantitative estimate of drug-likeness (QED) is 0.784. The number of aryl methyl sites for hydroxylation is 1. The molecule has 0 aliphatic carbocycles. The molecule has 2 aromatic heterocycles. The topological polar surface area (TPSA) is 104 Å². The Balaban J connectivity index is 1.77. The molecule has 2 aromatic rings. The van der Waals surface area contributed by atoms with Crippen molar-refractivity contribution in [1.82, 2.24) is 9.29 Å². The first-order chi connectivity index (χ1) is 13.2. The summed E-state index contributed by atoms with van der Waals surface area (Å²) < 4.78 is 32.0. The zero-order valence-electron chi connectivity index (χ0n) is 16.3. The normalized spacial score (nSPS) is 15.9. The number of pyridine rings is 1. The molecule has 9 heteroatoms. The maximum absolute atomic E-state index is 12.7. The van der Waals surface area contributed by atoms with Crippen LogP contribution in [0.3, 0.4) is 0 Å². The van der Waals surface area contributed by atoms with Crippen molar-refractivity contribution in [3.8, 4) is 0 Å². The lowest BCUT2D eigenvalue weighted by Crippen LogP contribution is -2.49. The molecule has 1 fully saturated rings. The molecule has 3 rings (SSSR count). The molecule has 152 valence electrons. The molecule has 1 N–H and O–H groups in total. The number of carboxylic acid groups (broad SMARTS) is 1. The number of carbonyl (C=O) groups is 1. The summed E-state index contributed by atoms with van der Waals surface area (Å²) in [6.45, 7) is 7.21. The van der Waals surface area contributed by atoms with Crippen LogP contribution in [0.1, 0.15) is 35.7 Å². The fraction of sp³-hybridized carbons (Fsp3) is 0.474. The number of hydrogen-bond acceptors (Lipinski definition) is 6. The Morgan fingerprint density at radius 2 is 1.89 bits per heavy atom. The van der Waals surface area contributed by atoms with E-state index in [0.29, 0.717) is 37.0 Å². The highest BCUT2D eigenvalue weighted by molar-refractivity contribution is 7.89. The average molecular weight is 407 g/mol. The molecular formula is C19H25N3O5S. The molecule has 0 atom stereocenters. The Morgan fingerprint density at radius 3 is 2.43 bits per heavy atom. The van der Waals surface area contributed by atoms with Crippen LogP contribution in [0.2, 0.25) is 0 Å². The molecule has 0 bridgehead atoms. The highest BCUT2D eigenvalue weighted by Gasteiger charge is 2.31. The first-order valence-electron chi connectivity index (χ1n) is 9.22. The lowest BCUT2D eigenvalue weighted by atomic mass is 10.1. The van der Waals surface area contributed by atoms with Crippen molar-refractivity contribution < 1.29 is 22.7 Å². The number of nitrogens with zero attached hydrogens (tertiary/aromatic N) is 3. The Labute approximate surface area is 164 Å². The fourth-order valence-corrected chi connectivity index (χ4v) is 4.59. The molecule has 0 aromatic carbocycles. The number of anilines is 1. The smallest absolute Gasteiger partial charge is 0.335 e. The van der Waals surface area contributed by atoms with Crippen LogP contribution in [0.5, 0.6) is 0 Å². The number of carboxylic acids is 1. The van der Waals surface area contributed by atoms with E-state index in [1.807, 2.05) is 4.90 Å². The molecule has 3 heterocycles. The van der Waals surface area contributed by atoms with E-state index in [0.717, 1.165) is 5.69 Å². The number of rotatable bonds is 6. The van der Waals surface area contributed by atoms with E-state index < -0.39 is 16.0 Å². The molecule has 1 saturated heterocycles. The van der Waals surface area contributed by atoms with E-state index >= 15 is 0 Å². The van der Waals surface area contributed by atoms with Gasteiger partial charge >= 0.3 is 5.97 Å². The Hall–Kier alpha value is -2.39. The predicted molar refractivity (Wildman–Crippen MR) is 104 cm³/mol. The number of aromatic nitrogens is 1. The van der Waals surface area contributed by atoms with E-state index in [9.17, 15) is 18.3 Å². The minimum atomic E-state index is -3.67. The SMILES string of the molecule is Cc1ccc(S(=O)(=O)N2CCN(c3cc(C(=O)O)cc(CC(C)C)n3)CC2)o1. The van der Waals surface area contributed by atoms with Crippen LogP contribution >= 0.6 is 0 Å². The van der Waals surface area contributed by atoms with Gasteiger partial charge in [-0.2, -0.15) is 4.31 Å². The van der Waals surface area contributed by atoms with E-state index in [1.54, 1.807) is 25.1 Å². The highest BCUT2D eigenvalue weighted by Crippen LogP contribution is 2.23. The summed E-state index contributed by atoms with van der Waals surface area (Å²) in [5.41, 5.74) is 0.924. The Bertz CT molecular complexity index is 960. The van der Waals surface area contributed by atoms with E-state index in [4.69, 9.17) is 4.42 Å².